The van der Waals surface area contributed by atoms with Crippen LogP contribution >= 0.6 is 0 Å². The zero-order valence-electron chi connectivity index (χ0n) is 13.1. The van der Waals surface area contributed by atoms with E-state index in [1.807, 2.05) is 14.0 Å². The molecule has 21 heavy (non-hydrogen) atoms. The lowest BCUT2D eigenvalue weighted by Crippen LogP contribution is -2.36. The smallest absolute Gasteiger partial charge is 0.244 e. The summed E-state index contributed by atoms with van der Waals surface area (Å²) >= 11 is 0. The molecule has 0 aromatic carbocycles. The van der Waals surface area contributed by atoms with E-state index in [2.05, 4.69) is 15.1 Å². The Morgan fingerprint density at radius 1 is 1.24 bits per heavy atom. The van der Waals surface area contributed by atoms with E-state index in [4.69, 9.17) is 0 Å². The first kappa shape index (κ1) is 16.5. The van der Waals surface area contributed by atoms with Gasteiger partial charge in [-0.2, -0.15) is 5.10 Å². The summed E-state index contributed by atoms with van der Waals surface area (Å²) in [5.41, 5.74) is 1.29. The summed E-state index contributed by atoms with van der Waals surface area (Å²) in [6.45, 7) is 5.02. The van der Waals surface area contributed by atoms with Crippen molar-refractivity contribution >= 4 is 10.0 Å². The number of nitrogens with zero attached hydrogens (tertiary/aromatic N) is 2. The van der Waals surface area contributed by atoms with Gasteiger partial charge in [0.2, 0.25) is 10.0 Å². The highest BCUT2D eigenvalue weighted by Crippen LogP contribution is 2.23. The summed E-state index contributed by atoms with van der Waals surface area (Å²) in [5.74, 6) is 0. The van der Waals surface area contributed by atoms with Gasteiger partial charge in [0.1, 0.15) is 4.90 Å². The molecule has 0 atom stereocenters. The minimum atomic E-state index is -3.48. The van der Waals surface area contributed by atoms with Crippen LogP contribution in [0.1, 0.15) is 43.5 Å². The predicted octanol–water partition coefficient (Wildman–Crippen LogP) is 1.33. The zero-order valence-corrected chi connectivity index (χ0v) is 14.0. The Bertz CT molecular complexity index is 574. The summed E-state index contributed by atoms with van der Waals surface area (Å²) < 4.78 is 29.9. The largest absolute Gasteiger partial charge is 0.318 e. The fourth-order valence-corrected chi connectivity index (χ4v) is 4.72. The molecule has 1 aromatic rings. The lowest BCUT2D eigenvalue weighted by molar-refractivity contribution is 0.412. The molecule has 1 saturated carbocycles. The Labute approximate surface area is 127 Å². The van der Waals surface area contributed by atoms with E-state index in [0.29, 0.717) is 22.8 Å². The first-order valence-corrected chi connectivity index (χ1v) is 9.15. The normalized spacial score (nSPS) is 17.3. The fraction of sp³-hybridized carbons (Fsp3) is 0.786. The van der Waals surface area contributed by atoms with Crippen molar-refractivity contribution in [1.82, 2.24) is 19.8 Å². The van der Waals surface area contributed by atoms with E-state index in [1.54, 1.807) is 11.6 Å². The highest BCUT2D eigenvalue weighted by atomic mass is 32.2. The third-order valence-corrected chi connectivity index (χ3v) is 5.86. The highest BCUT2D eigenvalue weighted by molar-refractivity contribution is 7.89. The third kappa shape index (κ3) is 3.84. The molecule has 0 aliphatic heterocycles. The second kappa shape index (κ2) is 6.89. The van der Waals surface area contributed by atoms with Crippen LogP contribution in [-0.4, -0.2) is 37.8 Å². The molecule has 0 unspecified atom stereocenters. The van der Waals surface area contributed by atoms with E-state index in [0.717, 1.165) is 32.2 Å². The first-order valence-electron chi connectivity index (χ1n) is 7.66. The lowest BCUT2D eigenvalue weighted by Gasteiger charge is -2.22. The average Bonchev–Trinajstić information content (AvgIpc) is 2.72. The van der Waals surface area contributed by atoms with Crippen LogP contribution in [0.5, 0.6) is 0 Å². The van der Waals surface area contributed by atoms with Crippen molar-refractivity contribution in [3.05, 3.63) is 11.4 Å². The Balaban J connectivity index is 2.20. The summed E-state index contributed by atoms with van der Waals surface area (Å²) in [5, 5.41) is 7.42. The maximum absolute atomic E-state index is 12.6. The summed E-state index contributed by atoms with van der Waals surface area (Å²) in [4.78, 5) is 0.351. The topological polar surface area (TPSA) is 76.0 Å². The van der Waals surface area contributed by atoms with Crippen molar-refractivity contribution < 1.29 is 8.42 Å². The average molecular weight is 314 g/mol. The molecule has 7 heteroatoms. The van der Waals surface area contributed by atoms with Crippen LogP contribution in [0, 0.1) is 13.8 Å². The van der Waals surface area contributed by atoms with Crippen molar-refractivity contribution in [2.45, 2.75) is 63.4 Å². The molecule has 2 rings (SSSR count). The van der Waals surface area contributed by atoms with Crippen LogP contribution < -0.4 is 10.0 Å². The minimum absolute atomic E-state index is 0.0724. The summed E-state index contributed by atoms with van der Waals surface area (Å²) in [6, 6.07) is 0.0724. The number of rotatable bonds is 6. The van der Waals surface area contributed by atoms with Crippen molar-refractivity contribution in [3.8, 4) is 0 Å². The maximum Gasteiger partial charge on any atom is 0.244 e. The van der Waals surface area contributed by atoms with E-state index in [-0.39, 0.29) is 6.04 Å². The molecule has 1 aliphatic carbocycles. The second-order valence-corrected chi connectivity index (χ2v) is 7.43. The van der Waals surface area contributed by atoms with Gasteiger partial charge < -0.3 is 5.32 Å². The second-order valence-electron chi connectivity index (χ2n) is 5.78. The summed E-state index contributed by atoms with van der Waals surface area (Å²) in [7, 11) is -1.61. The number of hydrogen-bond donors (Lipinski definition) is 2. The number of hydrogen-bond acceptors (Lipinski definition) is 4. The van der Waals surface area contributed by atoms with Gasteiger partial charge in [-0.15, -0.1) is 0 Å². The molecular formula is C14H26N4O2S. The minimum Gasteiger partial charge on any atom is -0.318 e. The van der Waals surface area contributed by atoms with E-state index >= 15 is 0 Å². The number of aryl methyl sites for hydroxylation is 1. The van der Waals surface area contributed by atoms with Gasteiger partial charge >= 0.3 is 0 Å². The van der Waals surface area contributed by atoms with Gasteiger partial charge in [-0.05, 0) is 33.7 Å². The predicted molar refractivity (Wildman–Crippen MR) is 82.8 cm³/mol. The molecule has 0 radical (unpaired) electrons. The Morgan fingerprint density at radius 2 is 1.90 bits per heavy atom. The molecule has 0 amide bonds. The van der Waals surface area contributed by atoms with Gasteiger partial charge in [-0.1, -0.05) is 19.3 Å². The van der Waals surface area contributed by atoms with Gasteiger partial charge in [-0.3, -0.25) is 4.68 Å². The van der Waals surface area contributed by atoms with E-state index in [9.17, 15) is 8.42 Å². The molecule has 2 N–H and O–H groups in total. The van der Waals surface area contributed by atoms with Crippen LogP contribution in [0.25, 0.3) is 0 Å². The fourth-order valence-electron chi connectivity index (χ4n) is 3.00. The molecule has 0 spiro atoms. The molecule has 0 saturated heterocycles. The van der Waals surface area contributed by atoms with Crippen LogP contribution in [-0.2, 0) is 16.6 Å². The third-order valence-electron chi connectivity index (χ3n) is 4.08. The van der Waals surface area contributed by atoms with Crippen molar-refractivity contribution in [2.24, 2.45) is 0 Å². The highest BCUT2D eigenvalue weighted by Gasteiger charge is 2.27. The van der Waals surface area contributed by atoms with Crippen LogP contribution in [0.2, 0.25) is 0 Å². The monoisotopic (exact) mass is 314 g/mol. The molecule has 120 valence electrons. The van der Waals surface area contributed by atoms with Crippen LogP contribution in [0.4, 0.5) is 0 Å². The first-order chi connectivity index (χ1) is 9.95. The molecule has 1 aliphatic rings. The van der Waals surface area contributed by atoms with Crippen molar-refractivity contribution in [1.29, 1.82) is 0 Å². The molecule has 1 aromatic heterocycles. The summed E-state index contributed by atoms with van der Waals surface area (Å²) in [6.07, 6.45) is 5.29. The number of sulfonamides is 1. The standard InChI is InChI=1S/C14H26N4O2S/c1-11-14(12(2)18(16-11)10-9-15-3)21(19,20)17-13-7-5-4-6-8-13/h13,15,17H,4-10H2,1-3H3. The number of likely N-dealkylation sites (N-methyl/N-ethyl adjacent to an activating group) is 1. The number of aromatic nitrogens is 2. The van der Waals surface area contributed by atoms with Gasteiger partial charge in [0.05, 0.1) is 17.9 Å². The maximum atomic E-state index is 12.6. The van der Waals surface area contributed by atoms with Gasteiger partial charge in [0, 0.05) is 12.6 Å². The van der Waals surface area contributed by atoms with Crippen LogP contribution in [0.3, 0.4) is 0 Å². The van der Waals surface area contributed by atoms with Gasteiger partial charge in [0.15, 0.2) is 0 Å². The molecule has 1 heterocycles. The zero-order chi connectivity index (χ0) is 15.5. The lowest BCUT2D eigenvalue weighted by atomic mass is 9.96. The van der Waals surface area contributed by atoms with Gasteiger partial charge in [0.25, 0.3) is 0 Å². The SMILES string of the molecule is CNCCn1nc(C)c(S(=O)(=O)NC2CCCCC2)c1C. The number of nitrogens with one attached hydrogen (secondary N) is 2. The Morgan fingerprint density at radius 3 is 2.52 bits per heavy atom. The van der Waals surface area contributed by atoms with Gasteiger partial charge in [-0.25, -0.2) is 13.1 Å². The van der Waals surface area contributed by atoms with Crippen LogP contribution in [0.15, 0.2) is 4.90 Å². The Hall–Kier alpha value is -0.920. The molecule has 1 fully saturated rings. The molecule has 6 nitrogen and oxygen atoms in total. The van der Waals surface area contributed by atoms with E-state index < -0.39 is 10.0 Å². The quantitative estimate of drug-likeness (QED) is 0.830. The molecule has 0 bridgehead atoms. The van der Waals surface area contributed by atoms with Crippen molar-refractivity contribution in [2.75, 3.05) is 13.6 Å². The van der Waals surface area contributed by atoms with E-state index in [1.165, 1.54) is 6.42 Å². The Kier molecular flexibility index (Phi) is 5.40. The molecular weight excluding hydrogens is 288 g/mol. The van der Waals surface area contributed by atoms with Crippen molar-refractivity contribution in [3.63, 3.8) is 0 Å².